The average Bonchev–Trinajstić information content (AvgIpc) is 2.70. The number of nitrogens with one attached hydrogen (secondary N) is 2. The fraction of sp³-hybridized carbons (Fsp3) is 0.667. The normalized spacial score (nSPS) is 17.5. The van der Waals surface area contributed by atoms with Crippen molar-refractivity contribution >= 4 is 17.7 Å². The predicted octanol–water partition coefficient (Wildman–Crippen LogP) is 2.63. The van der Waals surface area contributed by atoms with Gasteiger partial charge in [-0.1, -0.05) is 19.9 Å². The van der Waals surface area contributed by atoms with E-state index in [9.17, 15) is 4.39 Å². The molecule has 2 N–H and O–H groups in total. The lowest BCUT2D eigenvalue weighted by Gasteiger charge is -2.35. The van der Waals surface area contributed by atoms with E-state index in [2.05, 4.69) is 39.3 Å². The van der Waals surface area contributed by atoms with Gasteiger partial charge in [0.2, 0.25) is 0 Å². The van der Waals surface area contributed by atoms with Crippen LogP contribution >= 0.6 is 11.8 Å². The van der Waals surface area contributed by atoms with Crippen molar-refractivity contribution in [2.75, 3.05) is 59.1 Å². The predicted molar refractivity (Wildman–Crippen MR) is 120 cm³/mol. The Morgan fingerprint density at radius 1 is 1.18 bits per heavy atom. The van der Waals surface area contributed by atoms with Gasteiger partial charge in [-0.05, 0) is 42.0 Å². The molecule has 1 saturated heterocycles. The molecule has 1 aliphatic rings. The average molecular weight is 410 g/mol. The van der Waals surface area contributed by atoms with Crippen LogP contribution in [0.2, 0.25) is 0 Å². The van der Waals surface area contributed by atoms with Crippen molar-refractivity contribution in [2.45, 2.75) is 26.1 Å². The minimum Gasteiger partial charge on any atom is -0.356 e. The van der Waals surface area contributed by atoms with Gasteiger partial charge in [-0.2, -0.15) is 11.8 Å². The molecule has 0 spiro atoms. The molecule has 1 unspecified atom stereocenters. The Hall–Kier alpha value is -1.31. The van der Waals surface area contributed by atoms with Gasteiger partial charge in [0, 0.05) is 58.6 Å². The summed E-state index contributed by atoms with van der Waals surface area (Å²) in [7, 11) is 1.79. The largest absolute Gasteiger partial charge is 0.356 e. The number of halogens is 1. The number of thioether (sulfide) groups is 1. The Balaban J connectivity index is 1.75. The molecule has 1 aromatic carbocycles. The Morgan fingerprint density at radius 2 is 1.89 bits per heavy atom. The number of piperazine rings is 1. The van der Waals surface area contributed by atoms with Crippen molar-refractivity contribution < 1.29 is 4.39 Å². The molecule has 7 heteroatoms. The summed E-state index contributed by atoms with van der Waals surface area (Å²) in [6.07, 6.45) is 2.03. The Morgan fingerprint density at radius 3 is 2.54 bits per heavy atom. The summed E-state index contributed by atoms with van der Waals surface area (Å²) in [5.74, 6) is 1.97. The lowest BCUT2D eigenvalue weighted by Crippen LogP contribution is -2.48. The van der Waals surface area contributed by atoms with E-state index < -0.39 is 0 Å². The van der Waals surface area contributed by atoms with Crippen LogP contribution in [0.3, 0.4) is 0 Å². The number of benzene rings is 1. The fourth-order valence-electron chi connectivity index (χ4n) is 3.52. The first-order chi connectivity index (χ1) is 13.5. The molecule has 2 rings (SSSR count). The molecule has 158 valence electrons. The Bertz CT molecular complexity index is 617. The maximum Gasteiger partial charge on any atom is 0.191 e. The summed E-state index contributed by atoms with van der Waals surface area (Å²) in [4.78, 5) is 9.39. The third-order valence-electron chi connectivity index (χ3n) is 5.24. The number of likely N-dealkylation sites (N-methyl/N-ethyl adjacent to an activating group) is 1. The number of hydrogen-bond donors (Lipinski definition) is 2. The Kier molecular flexibility index (Phi) is 10.1. The molecule has 28 heavy (non-hydrogen) atoms. The number of aliphatic imine (C=N–C) groups is 1. The summed E-state index contributed by atoms with van der Waals surface area (Å²) < 4.78 is 13.5. The van der Waals surface area contributed by atoms with Crippen molar-refractivity contribution in [3.05, 3.63) is 35.1 Å². The van der Waals surface area contributed by atoms with E-state index in [4.69, 9.17) is 0 Å². The van der Waals surface area contributed by atoms with E-state index in [1.54, 1.807) is 24.9 Å². The third-order valence-corrected chi connectivity index (χ3v) is 5.84. The van der Waals surface area contributed by atoms with E-state index in [0.717, 1.165) is 55.6 Å². The van der Waals surface area contributed by atoms with Gasteiger partial charge in [0.25, 0.3) is 0 Å². The van der Waals surface area contributed by atoms with Gasteiger partial charge < -0.3 is 20.4 Å². The first-order valence-corrected chi connectivity index (χ1v) is 11.6. The second kappa shape index (κ2) is 12.3. The van der Waals surface area contributed by atoms with Crippen LogP contribution < -0.4 is 10.6 Å². The molecule has 0 saturated carbocycles. The van der Waals surface area contributed by atoms with Crippen molar-refractivity contribution in [1.82, 2.24) is 20.4 Å². The van der Waals surface area contributed by atoms with Crippen LogP contribution in [0.15, 0.2) is 23.2 Å². The molecule has 1 atom stereocenters. The highest BCUT2D eigenvalue weighted by Crippen LogP contribution is 2.16. The highest BCUT2D eigenvalue weighted by molar-refractivity contribution is 7.97. The van der Waals surface area contributed by atoms with Gasteiger partial charge in [-0.15, -0.1) is 0 Å². The molecular formula is C21H36FN5S. The van der Waals surface area contributed by atoms with Crippen molar-refractivity contribution in [3.8, 4) is 0 Å². The van der Waals surface area contributed by atoms with Gasteiger partial charge >= 0.3 is 0 Å². The van der Waals surface area contributed by atoms with Crippen LogP contribution in [0.4, 0.5) is 4.39 Å². The monoisotopic (exact) mass is 409 g/mol. The number of guanidine groups is 1. The number of hydrogen-bond acceptors (Lipinski definition) is 4. The van der Waals surface area contributed by atoms with Gasteiger partial charge in [0.05, 0.1) is 0 Å². The Labute approximate surface area is 174 Å². The molecule has 0 aliphatic carbocycles. The van der Waals surface area contributed by atoms with Gasteiger partial charge in [0.1, 0.15) is 5.82 Å². The van der Waals surface area contributed by atoms with Crippen LogP contribution in [-0.2, 0) is 12.3 Å². The SMILES string of the molecule is CCN1CCN(CC(C)CNC(=NC)NCc2ccc(F)cc2CSC)CC1. The van der Waals surface area contributed by atoms with E-state index in [0.29, 0.717) is 12.5 Å². The van der Waals surface area contributed by atoms with Crippen molar-refractivity contribution in [3.63, 3.8) is 0 Å². The topological polar surface area (TPSA) is 42.9 Å². The summed E-state index contributed by atoms with van der Waals surface area (Å²) in [5.41, 5.74) is 2.15. The van der Waals surface area contributed by atoms with Gasteiger partial charge in [0.15, 0.2) is 5.96 Å². The molecular weight excluding hydrogens is 373 g/mol. The number of rotatable bonds is 9. The van der Waals surface area contributed by atoms with E-state index >= 15 is 0 Å². The number of nitrogens with zero attached hydrogens (tertiary/aromatic N) is 3. The quantitative estimate of drug-likeness (QED) is 0.485. The summed E-state index contributed by atoms with van der Waals surface area (Å²) in [5, 5.41) is 6.80. The summed E-state index contributed by atoms with van der Waals surface area (Å²) in [6.45, 7) is 13.0. The summed E-state index contributed by atoms with van der Waals surface area (Å²) in [6, 6.07) is 5.02. The van der Waals surface area contributed by atoms with E-state index in [1.165, 1.54) is 19.2 Å². The van der Waals surface area contributed by atoms with Crippen LogP contribution in [-0.4, -0.2) is 74.9 Å². The summed E-state index contributed by atoms with van der Waals surface area (Å²) >= 11 is 1.70. The molecule has 0 bridgehead atoms. The van der Waals surface area contributed by atoms with Gasteiger partial charge in [-0.3, -0.25) is 4.99 Å². The van der Waals surface area contributed by atoms with Crippen molar-refractivity contribution in [2.24, 2.45) is 10.9 Å². The van der Waals surface area contributed by atoms with E-state index in [-0.39, 0.29) is 5.82 Å². The molecule has 0 radical (unpaired) electrons. The zero-order chi connectivity index (χ0) is 20.4. The zero-order valence-electron chi connectivity index (χ0n) is 17.8. The van der Waals surface area contributed by atoms with Gasteiger partial charge in [-0.25, -0.2) is 4.39 Å². The minimum absolute atomic E-state index is 0.177. The standard InChI is InChI=1S/C21H36FN5S/c1-5-26-8-10-27(11-9-26)15-17(2)13-24-21(23-3)25-14-18-6-7-20(22)12-19(18)16-28-4/h6-7,12,17H,5,8-11,13-16H2,1-4H3,(H2,23,24,25). The fourth-order valence-corrected chi connectivity index (χ4v) is 4.10. The van der Waals surface area contributed by atoms with Crippen molar-refractivity contribution in [1.29, 1.82) is 0 Å². The molecule has 0 aromatic heterocycles. The minimum atomic E-state index is -0.177. The molecule has 1 fully saturated rings. The maximum absolute atomic E-state index is 13.5. The molecule has 1 heterocycles. The van der Waals surface area contributed by atoms with Crippen LogP contribution in [0, 0.1) is 11.7 Å². The van der Waals surface area contributed by atoms with Crippen LogP contribution in [0.5, 0.6) is 0 Å². The zero-order valence-corrected chi connectivity index (χ0v) is 18.6. The maximum atomic E-state index is 13.5. The second-order valence-electron chi connectivity index (χ2n) is 7.49. The smallest absolute Gasteiger partial charge is 0.191 e. The molecule has 5 nitrogen and oxygen atoms in total. The highest BCUT2D eigenvalue weighted by atomic mass is 32.2. The third kappa shape index (κ3) is 7.60. The first kappa shape index (κ1) is 23.0. The van der Waals surface area contributed by atoms with E-state index in [1.807, 2.05) is 12.3 Å². The van der Waals surface area contributed by atoms with Crippen LogP contribution in [0.1, 0.15) is 25.0 Å². The molecule has 1 aromatic rings. The lowest BCUT2D eigenvalue weighted by atomic mass is 10.1. The van der Waals surface area contributed by atoms with Crippen LogP contribution in [0.25, 0.3) is 0 Å². The first-order valence-electron chi connectivity index (χ1n) is 10.2. The second-order valence-corrected chi connectivity index (χ2v) is 8.36. The molecule has 0 amide bonds. The lowest BCUT2D eigenvalue weighted by molar-refractivity contribution is 0.124. The highest BCUT2D eigenvalue weighted by Gasteiger charge is 2.17. The molecule has 1 aliphatic heterocycles.